The van der Waals surface area contributed by atoms with Crippen molar-refractivity contribution in [1.82, 2.24) is 20.5 Å². The van der Waals surface area contributed by atoms with Crippen molar-refractivity contribution in [3.63, 3.8) is 0 Å². The Kier molecular flexibility index (Phi) is 10.5. The highest BCUT2D eigenvalue weighted by Crippen LogP contribution is 2.35. The minimum Gasteiger partial charge on any atom is -0.497 e. The van der Waals surface area contributed by atoms with Crippen LogP contribution in [0.4, 0.5) is 0 Å². The number of thiazole rings is 1. The van der Waals surface area contributed by atoms with Gasteiger partial charge in [0.1, 0.15) is 10.8 Å². The van der Waals surface area contributed by atoms with Crippen molar-refractivity contribution in [2.75, 3.05) is 20.2 Å². The predicted octanol–water partition coefficient (Wildman–Crippen LogP) is 6.61. The molecule has 1 aliphatic rings. The maximum atomic E-state index is 13.8. The zero-order chi connectivity index (χ0) is 30.2. The fourth-order valence-electron chi connectivity index (χ4n) is 5.48. The second-order valence-electron chi connectivity index (χ2n) is 10.9. The maximum absolute atomic E-state index is 13.8. The summed E-state index contributed by atoms with van der Waals surface area (Å²) in [4.78, 5) is 33.9. The van der Waals surface area contributed by atoms with Gasteiger partial charge in [-0.1, -0.05) is 54.1 Å². The number of likely N-dealkylation sites (tertiary alicyclic amines) is 1. The second-order valence-corrected chi connectivity index (χ2v) is 12.2. The van der Waals surface area contributed by atoms with E-state index in [2.05, 4.69) is 27.8 Å². The molecule has 2 N–H and O–H groups in total. The van der Waals surface area contributed by atoms with Crippen LogP contribution in [0.15, 0.2) is 78.2 Å². The SMILES string of the molecule is COc1cc(C(=O)N[C@H](CCNCc2cccc(Cl)c2)Cc2ccccc2)cc(C(=O)N2CCC[C@@H]2c2nc(C)cs2)c1. The number of hydrogen-bond donors (Lipinski definition) is 2. The fraction of sp³-hybridized carbons (Fsp3) is 0.324. The molecule has 2 amide bonds. The number of carbonyl (C=O) groups is 2. The van der Waals surface area contributed by atoms with E-state index in [0.717, 1.165) is 41.1 Å². The van der Waals surface area contributed by atoms with Crippen molar-refractivity contribution in [3.8, 4) is 5.75 Å². The van der Waals surface area contributed by atoms with Crippen LogP contribution in [0.5, 0.6) is 5.75 Å². The van der Waals surface area contributed by atoms with Gasteiger partial charge >= 0.3 is 0 Å². The molecule has 3 aromatic carbocycles. The van der Waals surface area contributed by atoms with Gasteiger partial charge in [-0.3, -0.25) is 9.59 Å². The standard InChI is InChI=1S/C34H37ClN4O3S/c1-23-22-43-33(37-23)31-12-7-15-39(31)34(41)27-18-26(19-30(20-27)42-2)32(40)38-29(17-24-8-4-3-5-9-24)13-14-36-21-25-10-6-11-28(35)16-25/h3-6,8-11,16,18-20,22,29,31,36H,7,12-15,17,21H2,1-2H3,(H,38,40)/t29-,31-/m1/s1. The fourth-order valence-corrected chi connectivity index (χ4v) is 6.63. The lowest BCUT2D eigenvalue weighted by molar-refractivity contribution is 0.0735. The van der Waals surface area contributed by atoms with E-state index in [1.807, 2.05) is 59.7 Å². The number of nitrogens with zero attached hydrogens (tertiary/aromatic N) is 2. The summed E-state index contributed by atoms with van der Waals surface area (Å²) in [6, 6.07) is 22.8. The van der Waals surface area contributed by atoms with Crippen molar-refractivity contribution in [1.29, 1.82) is 0 Å². The Labute approximate surface area is 262 Å². The molecule has 0 saturated carbocycles. The summed E-state index contributed by atoms with van der Waals surface area (Å²) in [6.45, 7) is 4.02. The number of hydrogen-bond acceptors (Lipinski definition) is 6. The number of aryl methyl sites for hydroxylation is 1. The third-order valence-electron chi connectivity index (χ3n) is 7.63. The van der Waals surface area contributed by atoms with Crippen LogP contribution in [0.3, 0.4) is 0 Å². The average Bonchev–Trinajstić information content (AvgIpc) is 3.68. The molecule has 0 unspecified atom stereocenters. The molecule has 0 radical (unpaired) electrons. The molecule has 1 aromatic heterocycles. The van der Waals surface area contributed by atoms with E-state index >= 15 is 0 Å². The van der Waals surface area contributed by atoms with Gasteiger partial charge in [0.15, 0.2) is 0 Å². The van der Waals surface area contributed by atoms with Crippen LogP contribution in [0.2, 0.25) is 5.02 Å². The van der Waals surface area contributed by atoms with Crippen molar-refractivity contribution >= 4 is 34.8 Å². The first-order chi connectivity index (χ1) is 20.9. The van der Waals surface area contributed by atoms with Crippen molar-refractivity contribution in [2.24, 2.45) is 0 Å². The minimum atomic E-state index is -0.239. The van der Waals surface area contributed by atoms with Crippen LogP contribution in [0.1, 0.15) is 67.8 Å². The first-order valence-electron chi connectivity index (χ1n) is 14.6. The largest absolute Gasteiger partial charge is 0.497 e. The van der Waals surface area contributed by atoms with Gasteiger partial charge in [0.05, 0.1) is 13.2 Å². The second kappa shape index (κ2) is 14.6. The maximum Gasteiger partial charge on any atom is 0.254 e. The van der Waals surface area contributed by atoms with E-state index < -0.39 is 0 Å². The van der Waals surface area contributed by atoms with E-state index in [0.29, 0.717) is 48.0 Å². The monoisotopic (exact) mass is 616 g/mol. The van der Waals surface area contributed by atoms with Crippen molar-refractivity contribution < 1.29 is 14.3 Å². The smallest absolute Gasteiger partial charge is 0.254 e. The highest BCUT2D eigenvalue weighted by molar-refractivity contribution is 7.09. The summed E-state index contributed by atoms with van der Waals surface area (Å²) in [5, 5.41) is 10.4. The number of aromatic nitrogens is 1. The molecule has 7 nitrogen and oxygen atoms in total. The molecule has 2 heterocycles. The Morgan fingerprint density at radius 1 is 1.07 bits per heavy atom. The lowest BCUT2D eigenvalue weighted by atomic mass is 10.0. The summed E-state index contributed by atoms with van der Waals surface area (Å²) in [5.74, 6) is 0.117. The quantitative estimate of drug-likeness (QED) is 0.175. The van der Waals surface area contributed by atoms with Gasteiger partial charge in [-0.2, -0.15) is 0 Å². The number of amides is 2. The Hall–Kier alpha value is -3.72. The van der Waals surface area contributed by atoms with E-state index in [4.69, 9.17) is 16.3 Å². The van der Waals surface area contributed by atoms with Gasteiger partial charge in [0.25, 0.3) is 11.8 Å². The number of halogens is 1. The summed E-state index contributed by atoms with van der Waals surface area (Å²) >= 11 is 7.72. The molecule has 0 spiro atoms. The van der Waals surface area contributed by atoms with E-state index in [1.54, 1.807) is 36.6 Å². The number of benzene rings is 3. The summed E-state index contributed by atoms with van der Waals surface area (Å²) in [7, 11) is 1.55. The molecule has 0 aliphatic carbocycles. The first kappa shape index (κ1) is 30.7. The molecule has 1 aliphatic heterocycles. The van der Waals surface area contributed by atoms with Gasteiger partial charge in [0.2, 0.25) is 0 Å². The number of rotatable bonds is 12. The van der Waals surface area contributed by atoms with Gasteiger partial charge in [0, 0.05) is 46.4 Å². The minimum absolute atomic E-state index is 0.0515. The summed E-state index contributed by atoms with van der Waals surface area (Å²) in [5.41, 5.74) is 4.04. The lowest BCUT2D eigenvalue weighted by Crippen LogP contribution is -2.38. The van der Waals surface area contributed by atoms with Gasteiger partial charge < -0.3 is 20.3 Å². The third kappa shape index (κ3) is 8.22. The normalized spacial score (nSPS) is 15.3. The molecule has 2 atom stereocenters. The van der Waals surface area contributed by atoms with Crippen LogP contribution >= 0.6 is 22.9 Å². The number of nitrogens with one attached hydrogen (secondary N) is 2. The molecule has 1 fully saturated rings. The summed E-state index contributed by atoms with van der Waals surface area (Å²) < 4.78 is 5.52. The van der Waals surface area contributed by atoms with Crippen LogP contribution < -0.4 is 15.4 Å². The van der Waals surface area contributed by atoms with Crippen molar-refractivity contribution in [2.45, 2.75) is 51.2 Å². The lowest BCUT2D eigenvalue weighted by Gasteiger charge is -2.24. The molecule has 9 heteroatoms. The Morgan fingerprint density at radius 2 is 1.86 bits per heavy atom. The third-order valence-corrected chi connectivity index (χ3v) is 8.93. The first-order valence-corrected chi connectivity index (χ1v) is 15.9. The van der Waals surface area contributed by atoms with Crippen LogP contribution in [0, 0.1) is 6.92 Å². The number of carbonyl (C=O) groups excluding carboxylic acids is 2. The summed E-state index contributed by atoms with van der Waals surface area (Å²) in [6.07, 6.45) is 3.20. The van der Waals surface area contributed by atoms with Crippen LogP contribution in [-0.2, 0) is 13.0 Å². The predicted molar refractivity (Wildman–Crippen MR) is 172 cm³/mol. The zero-order valence-corrected chi connectivity index (χ0v) is 26.1. The number of ether oxygens (including phenoxy) is 1. The van der Waals surface area contributed by atoms with Gasteiger partial charge in [-0.25, -0.2) is 4.98 Å². The van der Waals surface area contributed by atoms with E-state index in [-0.39, 0.29) is 23.9 Å². The Bertz CT molecular complexity index is 1540. The zero-order valence-electron chi connectivity index (χ0n) is 24.5. The van der Waals surface area contributed by atoms with Gasteiger partial charge in [-0.15, -0.1) is 11.3 Å². The highest BCUT2D eigenvalue weighted by atomic mass is 35.5. The molecule has 43 heavy (non-hydrogen) atoms. The molecule has 224 valence electrons. The molecule has 5 rings (SSSR count). The Morgan fingerprint density at radius 3 is 2.60 bits per heavy atom. The number of methoxy groups -OCH3 is 1. The van der Waals surface area contributed by atoms with Gasteiger partial charge in [-0.05, 0) is 80.6 Å². The highest BCUT2D eigenvalue weighted by Gasteiger charge is 2.33. The topological polar surface area (TPSA) is 83.6 Å². The molecule has 4 aromatic rings. The average molecular weight is 617 g/mol. The molecular formula is C34H37ClN4O3S. The van der Waals surface area contributed by atoms with E-state index in [9.17, 15) is 9.59 Å². The van der Waals surface area contributed by atoms with Crippen LogP contribution in [0.25, 0.3) is 0 Å². The van der Waals surface area contributed by atoms with Crippen LogP contribution in [-0.4, -0.2) is 47.9 Å². The Balaban J connectivity index is 1.29. The van der Waals surface area contributed by atoms with E-state index in [1.165, 1.54) is 0 Å². The molecule has 1 saturated heterocycles. The molecule has 0 bridgehead atoms. The van der Waals surface area contributed by atoms with Crippen molar-refractivity contribution in [3.05, 3.63) is 116 Å². The molecular weight excluding hydrogens is 580 g/mol.